The van der Waals surface area contributed by atoms with Crippen molar-refractivity contribution in [2.45, 2.75) is 44.7 Å². The van der Waals surface area contributed by atoms with Gasteiger partial charge in [-0.15, -0.1) is 0 Å². The number of amides is 4. The van der Waals surface area contributed by atoms with Crippen LogP contribution in [0.25, 0.3) is 0 Å². The molecule has 128 valence electrons. The highest BCUT2D eigenvalue weighted by molar-refractivity contribution is 6.04. The molecule has 24 heavy (non-hydrogen) atoms. The van der Waals surface area contributed by atoms with Gasteiger partial charge in [0.15, 0.2) is 0 Å². The molecule has 0 unspecified atom stereocenters. The molecule has 3 rings (SSSR count). The molecule has 7 nitrogen and oxygen atoms in total. The highest BCUT2D eigenvalue weighted by atomic mass is 16.5. The molecular formula is C17H21N3O4. The van der Waals surface area contributed by atoms with Crippen LogP contribution in [0.2, 0.25) is 0 Å². The molecule has 1 heterocycles. The first-order valence-corrected chi connectivity index (χ1v) is 8.13. The van der Waals surface area contributed by atoms with E-state index in [2.05, 4.69) is 28.1 Å². The van der Waals surface area contributed by atoms with E-state index in [4.69, 9.17) is 4.74 Å². The number of fused-ring (bicyclic) bond motifs is 1. The lowest BCUT2D eigenvalue weighted by atomic mass is 10.0. The fourth-order valence-corrected chi connectivity index (χ4v) is 3.20. The summed E-state index contributed by atoms with van der Waals surface area (Å²) >= 11 is 0. The zero-order valence-corrected chi connectivity index (χ0v) is 13.6. The molecule has 2 aliphatic rings. The van der Waals surface area contributed by atoms with Crippen LogP contribution in [0.15, 0.2) is 12.1 Å². The van der Waals surface area contributed by atoms with Crippen molar-refractivity contribution in [3.05, 3.63) is 28.8 Å². The molecule has 0 saturated carbocycles. The summed E-state index contributed by atoms with van der Waals surface area (Å²) in [6, 6.07) is 3.03. The number of imide groups is 1. The number of carbonyl (C=O) groups is 3. The van der Waals surface area contributed by atoms with E-state index >= 15 is 0 Å². The van der Waals surface area contributed by atoms with Gasteiger partial charge in [0.25, 0.3) is 5.91 Å². The minimum absolute atomic E-state index is 0.161. The second-order valence-electron chi connectivity index (χ2n) is 6.12. The predicted octanol–water partition coefficient (Wildman–Crippen LogP) is 0.788. The summed E-state index contributed by atoms with van der Waals surface area (Å²) in [5, 5.41) is 7.48. The van der Waals surface area contributed by atoms with Crippen LogP contribution >= 0.6 is 0 Å². The standard InChI is InChI=1S/C17H21N3O4/c1-24-14-8-11-4-2-3-10(11)7-12(14)9-18-15(21)6-5-13-16(22)20-17(23)19-13/h7-8,13H,2-6,9H2,1H3,(H,18,21)(H2,19,20,22,23)/t13-/m1/s1. The van der Waals surface area contributed by atoms with Crippen LogP contribution < -0.4 is 20.7 Å². The van der Waals surface area contributed by atoms with Crippen LogP contribution in [-0.4, -0.2) is 31.0 Å². The molecule has 0 spiro atoms. The number of carbonyl (C=O) groups excluding carboxylic acids is 3. The number of urea groups is 1. The first-order valence-electron chi connectivity index (χ1n) is 8.13. The van der Waals surface area contributed by atoms with Crippen LogP contribution in [0, 0.1) is 0 Å². The second-order valence-corrected chi connectivity index (χ2v) is 6.12. The number of hydrogen-bond donors (Lipinski definition) is 3. The van der Waals surface area contributed by atoms with Crippen LogP contribution in [0.1, 0.15) is 36.0 Å². The summed E-state index contributed by atoms with van der Waals surface area (Å²) in [4.78, 5) is 34.4. The van der Waals surface area contributed by atoms with Crippen LogP contribution in [0.3, 0.4) is 0 Å². The molecule has 1 aliphatic carbocycles. The van der Waals surface area contributed by atoms with Crippen LogP contribution in [0.4, 0.5) is 4.79 Å². The van der Waals surface area contributed by atoms with Crippen molar-refractivity contribution < 1.29 is 19.1 Å². The van der Waals surface area contributed by atoms with Gasteiger partial charge in [-0.1, -0.05) is 6.07 Å². The van der Waals surface area contributed by atoms with Crippen molar-refractivity contribution in [3.8, 4) is 5.75 Å². The third-order valence-corrected chi connectivity index (χ3v) is 4.49. The third kappa shape index (κ3) is 3.50. The fraction of sp³-hybridized carbons (Fsp3) is 0.471. The molecular weight excluding hydrogens is 310 g/mol. The molecule has 7 heteroatoms. The number of benzene rings is 1. The van der Waals surface area contributed by atoms with Crippen molar-refractivity contribution in [1.29, 1.82) is 0 Å². The van der Waals surface area contributed by atoms with Gasteiger partial charge in [-0.25, -0.2) is 4.79 Å². The van der Waals surface area contributed by atoms with Gasteiger partial charge >= 0.3 is 6.03 Å². The topological polar surface area (TPSA) is 96.5 Å². The SMILES string of the molecule is COc1cc2c(cc1CNC(=O)CC[C@H]1NC(=O)NC1=O)CCC2. The van der Waals surface area contributed by atoms with E-state index in [9.17, 15) is 14.4 Å². The Bertz CT molecular complexity index is 687. The normalized spacial score (nSPS) is 18.8. The quantitative estimate of drug-likeness (QED) is 0.672. The molecule has 1 fully saturated rings. The summed E-state index contributed by atoms with van der Waals surface area (Å²) in [5.74, 6) is 0.248. The Hall–Kier alpha value is -2.57. The number of nitrogens with one attached hydrogen (secondary N) is 3. The largest absolute Gasteiger partial charge is 0.496 e. The number of rotatable bonds is 6. The lowest BCUT2D eigenvalue weighted by Gasteiger charge is -2.13. The molecule has 4 amide bonds. The summed E-state index contributed by atoms with van der Waals surface area (Å²) in [5.41, 5.74) is 3.61. The predicted molar refractivity (Wildman–Crippen MR) is 86.6 cm³/mol. The number of ether oxygens (including phenoxy) is 1. The minimum atomic E-state index is -0.627. The van der Waals surface area contributed by atoms with Gasteiger partial charge in [-0.2, -0.15) is 0 Å². The van der Waals surface area contributed by atoms with Gasteiger partial charge in [-0.05, 0) is 42.9 Å². The number of methoxy groups -OCH3 is 1. The van der Waals surface area contributed by atoms with Gasteiger partial charge in [0, 0.05) is 18.5 Å². The van der Waals surface area contributed by atoms with E-state index in [1.54, 1.807) is 7.11 Å². The van der Waals surface area contributed by atoms with E-state index in [1.807, 2.05) is 0 Å². The maximum Gasteiger partial charge on any atom is 0.322 e. The summed E-state index contributed by atoms with van der Waals surface area (Å²) in [6.45, 7) is 0.387. The van der Waals surface area contributed by atoms with Gasteiger partial charge in [0.2, 0.25) is 5.91 Å². The first kappa shape index (κ1) is 16.3. The molecule has 1 aromatic rings. The van der Waals surface area contributed by atoms with E-state index < -0.39 is 12.1 Å². The fourth-order valence-electron chi connectivity index (χ4n) is 3.20. The molecule has 3 N–H and O–H groups in total. The Morgan fingerprint density at radius 2 is 2.04 bits per heavy atom. The lowest BCUT2D eigenvalue weighted by Crippen LogP contribution is -2.31. The van der Waals surface area contributed by atoms with E-state index in [1.165, 1.54) is 11.1 Å². The van der Waals surface area contributed by atoms with Crippen LogP contribution in [-0.2, 0) is 29.0 Å². The molecule has 0 bridgehead atoms. The highest BCUT2D eigenvalue weighted by Crippen LogP contribution is 2.29. The second kappa shape index (κ2) is 6.90. The third-order valence-electron chi connectivity index (χ3n) is 4.49. The Labute approximate surface area is 140 Å². The molecule has 1 aliphatic heterocycles. The minimum Gasteiger partial charge on any atom is -0.496 e. The monoisotopic (exact) mass is 331 g/mol. The van der Waals surface area contributed by atoms with Gasteiger partial charge in [0.1, 0.15) is 11.8 Å². The van der Waals surface area contributed by atoms with E-state index in [0.717, 1.165) is 30.6 Å². The number of hydrogen-bond acceptors (Lipinski definition) is 4. The maximum atomic E-state index is 12.0. The molecule has 1 atom stereocenters. The zero-order valence-electron chi connectivity index (χ0n) is 13.6. The van der Waals surface area contributed by atoms with Gasteiger partial charge < -0.3 is 15.4 Å². The van der Waals surface area contributed by atoms with Gasteiger partial charge in [0.05, 0.1) is 7.11 Å². The Morgan fingerprint density at radius 3 is 2.71 bits per heavy atom. The van der Waals surface area contributed by atoms with Crippen molar-refractivity contribution in [1.82, 2.24) is 16.0 Å². The van der Waals surface area contributed by atoms with E-state index in [0.29, 0.717) is 6.54 Å². The summed E-state index contributed by atoms with van der Waals surface area (Å²) in [6.07, 6.45) is 3.75. The van der Waals surface area contributed by atoms with Crippen molar-refractivity contribution in [2.75, 3.05) is 7.11 Å². The van der Waals surface area contributed by atoms with E-state index in [-0.39, 0.29) is 24.7 Å². The zero-order chi connectivity index (χ0) is 17.1. The summed E-state index contributed by atoms with van der Waals surface area (Å²) in [7, 11) is 1.63. The Kier molecular flexibility index (Phi) is 4.69. The van der Waals surface area contributed by atoms with Crippen LogP contribution in [0.5, 0.6) is 5.75 Å². The van der Waals surface area contributed by atoms with Crippen molar-refractivity contribution in [2.24, 2.45) is 0 Å². The van der Waals surface area contributed by atoms with Crippen molar-refractivity contribution in [3.63, 3.8) is 0 Å². The molecule has 1 saturated heterocycles. The first-order chi connectivity index (χ1) is 11.6. The average Bonchev–Trinajstić information content (AvgIpc) is 3.14. The average molecular weight is 331 g/mol. The Balaban J connectivity index is 1.53. The summed E-state index contributed by atoms with van der Waals surface area (Å²) < 4.78 is 5.42. The lowest BCUT2D eigenvalue weighted by molar-refractivity contribution is -0.122. The van der Waals surface area contributed by atoms with Crippen molar-refractivity contribution >= 4 is 17.8 Å². The molecule has 0 aromatic heterocycles. The molecule has 0 radical (unpaired) electrons. The highest BCUT2D eigenvalue weighted by Gasteiger charge is 2.29. The van der Waals surface area contributed by atoms with Gasteiger partial charge in [-0.3, -0.25) is 14.9 Å². The Morgan fingerprint density at radius 1 is 1.29 bits per heavy atom. The number of aryl methyl sites for hydroxylation is 2. The smallest absolute Gasteiger partial charge is 0.322 e. The maximum absolute atomic E-state index is 12.0. The molecule has 1 aromatic carbocycles.